The van der Waals surface area contributed by atoms with Gasteiger partial charge in [-0.3, -0.25) is 0 Å². The van der Waals surface area contributed by atoms with Gasteiger partial charge in [-0.25, -0.2) is 0 Å². The van der Waals surface area contributed by atoms with Crippen LogP contribution in [0.4, 0.5) is 0 Å². The predicted molar refractivity (Wildman–Crippen MR) is 78.8 cm³/mol. The molecule has 2 heteroatoms. The summed E-state index contributed by atoms with van der Waals surface area (Å²) in [5, 5.41) is 13.6. The van der Waals surface area contributed by atoms with Crippen LogP contribution in [0.15, 0.2) is 0 Å². The first-order valence-electron chi connectivity index (χ1n) is 8.09. The molecule has 1 fully saturated rings. The number of aliphatic hydroxyl groups excluding tert-OH is 1. The van der Waals surface area contributed by atoms with E-state index in [9.17, 15) is 5.11 Å². The van der Waals surface area contributed by atoms with Gasteiger partial charge in [-0.15, -0.1) is 0 Å². The topological polar surface area (TPSA) is 32.3 Å². The zero-order valence-electron chi connectivity index (χ0n) is 12.6. The summed E-state index contributed by atoms with van der Waals surface area (Å²) < 4.78 is 0. The number of unbranched alkanes of at least 4 members (excludes halogenated alkanes) is 6. The van der Waals surface area contributed by atoms with E-state index in [1.807, 2.05) is 0 Å². The molecule has 0 aromatic carbocycles. The molecule has 0 spiro atoms. The molecule has 1 saturated heterocycles. The minimum Gasteiger partial charge on any atom is -0.393 e. The molecule has 0 aliphatic carbocycles. The monoisotopic (exact) mass is 255 g/mol. The molecule has 108 valence electrons. The van der Waals surface area contributed by atoms with Crippen molar-refractivity contribution in [3.05, 3.63) is 0 Å². The van der Waals surface area contributed by atoms with Crippen LogP contribution in [-0.4, -0.2) is 23.3 Å². The smallest absolute Gasteiger partial charge is 0.0595 e. The van der Waals surface area contributed by atoms with Crippen molar-refractivity contribution in [2.24, 2.45) is 5.92 Å². The van der Waals surface area contributed by atoms with E-state index in [1.54, 1.807) is 0 Å². The summed E-state index contributed by atoms with van der Waals surface area (Å²) in [5.41, 5.74) is 0. The van der Waals surface area contributed by atoms with Crippen LogP contribution >= 0.6 is 0 Å². The molecule has 0 unspecified atom stereocenters. The fourth-order valence-corrected chi connectivity index (χ4v) is 2.98. The van der Waals surface area contributed by atoms with Crippen molar-refractivity contribution in [1.82, 2.24) is 5.32 Å². The normalized spacial score (nSPS) is 32.7. The van der Waals surface area contributed by atoms with E-state index in [0.29, 0.717) is 18.0 Å². The van der Waals surface area contributed by atoms with E-state index < -0.39 is 0 Å². The van der Waals surface area contributed by atoms with Crippen LogP contribution in [0.5, 0.6) is 0 Å². The van der Waals surface area contributed by atoms with Crippen molar-refractivity contribution < 1.29 is 5.11 Å². The van der Waals surface area contributed by atoms with Crippen molar-refractivity contribution in [1.29, 1.82) is 0 Å². The third-order valence-electron chi connectivity index (χ3n) is 4.58. The van der Waals surface area contributed by atoms with Gasteiger partial charge in [0, 0.05) is 12.1 Å². The van der Waals surface area contributed by atoms with E-state index in [2.05, 4.69) is 26.1 Å². The van der Waals surface area contributed by atoms with Gasteiger partial charge in [0.1, 0.15) is 0 Å². The number of nitrogens with one attached hydrogen (secondary N) is 1. The Bertz CT molecular complexity index is 195. The first kappa shape index (κ1) is 16.0. The maximum atomic E-state index is 9.98. The van der Waals surface area contributed by atoms with E-state index in [1.165, 1.54) is 51.4 Å². The number of hydrogen-bond donors (Lipinski definition) is 2. The molecule has 1 aliphatic heterocycles. The number of rotatable bonds is 8. The van der Waals surface area contributed by atoms with Crippen LogP contribution < -0.4 is 5.32 Å². The van der Waals surface area contributed by atoms with Gasteiger partial charge in [-0.05, 0) is 25.7 Å². The molecule has 0 aromatic rings. The highest BCUT2D eigenvalue weighted by molar-refractivity contribution is 4.87. The van der Waals surface area contributed by atoms with Crippen molar-refractivity contribution in [3.8, 4) is 0 Å². The molecule has 0 amide bonds. The molecule has 2 nitrogen and oxygen atoms in total. The molecule has 1 rings (SSSR count). The highest BCUT2D eigenvalue weighted by Crippen LogP contribution is 2.23. The van der Waals surface area contributed by atoms with Crippen molar-refractivity contribution in [2.75, 3.05) is 0 Å². The van der Waals surface area contributed by atoms with Gasteiger partial charge < -0.3 is 10.4 Å². The average Bonchev–Trinajstić information content (AvgIpc) is 2.34. The maximum Gasteiger partial charge on any atom is 0.0595 e. The van der Waals surface area contributed by atoms with E-state index >= 15 is 0 Å². The molecule has 1 heterocycles. The zero-order valence-corrected chi connectivity index (χ0v) is 12.6. The Morgan fingerprint density at radius 3 is 2.22 bits per heavy atom. The highest BCUT2D eigenvalue weighted by Gasteiger charge is 2.30. The summed E-state index contributed by atoms with van der Waals surface area (Å²) in [5.74, 6) is 0.398. The minimum absolute atomic E-state index is 0.101. The lowest BCUT2D eigenvalue weighted by Gasteiger charge is -2.37. The summed E-state index contributed by atoms with van der Waals surface area (Å²) in [7, 11) is 0. The minimum atomic E-state index is -0.101. The fourth-order valence-electron chi connectivity index (χ4n) is 2.98. The van der Waals surface area contributed by atoms with Gasteiger partial charge in [0.25, 0.3) is 0 Å². The lowest BCUT2D eigenvalue weighted by Crippen LogP contribution is -2.51. The average molecular weight is 255 g/mol. The quantitative estimate of drug-likeness (QED) is 0.645. The Morgan fingerprint density at radius 2 is 1.61 bits per heavy atom. The Morgan fingerprint density at radius 1 is 1.00 bits per heavy atom. The molecule has 4 atom stereocenters. The summed E-state index contributed by atoms with van der Waals surface area (Å²) >= 11 is 0. The molecule has 0 bridgehead atoms. The highest BCUT2D eigenvalue weighted by atomic mass is 16.3. The lowest BCUT2D eigenvalue weighted by atomic mass is 9.85. The van der Waals surface area contributed by atoms with Gasteiger partial charge in [-0.1, -0.05) is 58.8 Å². The van der Waals surface area contributed by atoms with Crippen molar-refractivity contribution >= 4 is 0 Å². The van der Waals surface area contributed by atoms with Crippen molar-refractivity contribution in [3.63, 3.8) is 0 Å². The molecule has 1 aliphatic rings. The summed E-state index contributed by atoms with van der Waals surface area (Å²) in [6.07, 6.45) is 11.7. The first-order valence-corrected chi connectivity index (χ1v) is 8.09. The standard InChI is InChI=1S/C16H33NO/c1-4-5-6-7-8-9-10-11-15-12-16(18)13(2)14(3)17-15/h13-18H,4-12H2,1-3H3/t13-,14-,15+,16+/m0/s1. The van der Waals surface area contributed by atoms with Crippen LogP contribution in [0.25, 0.3) is 0 Å². The second-order valence-electron chi connectivity index (χ2n) is 6.22. The summed E-state index contributed by atoms with van der Waals surface area (Å²) in [4.78, 5) is 0. The van der Waals surface area contributed by atoms with Gasteiger partial charge in [0.15, 0.2) is 0 Å². The Labute approximate surface area is 114 Å². The van der Waals surface area contributed by atoms with E-state index in [0.717, 1.165) is 6.42 Å². The van der Waals surface area contributed by atoms with Crippen molar-refractivity contribution in [2.45, 2.75) is 96.7 Å². The van der Waals surface area contributed by atoms with E-state index in [4.69, 9.17) is 0 Å². The molecule has 18 heavy (non-hydrogen) atoms. The number of aliphatic hydroxyl groups is 1. The largest absolute Gasteiger partial charge is 0.393 e. The van der Waals surface area contributed by atoms with Gasteiger partial charge in [0.05, 0.1) is 6.10 Å². The molecular weight excluding hydrogens is 222 g/mol. The maximum absolute atomic E-state index is 9.98. The number of hydrogen-bond acceptors (Lipinski definition) is 2. The molecule has 0 saturated carbocycles. The fraction of sp³-hybridized carbons (Fsp3) is 1.00. The van der Waals surface area contributed by atoms with Crippen LogP contribution in [0.1, 0.15) is 78.6 Å². The Hall–Kier alpha value is -0.0800. The Balaban J connectivity index is 2.02. The van der Waals surface area contributed by atoms with Crippen LogP contribution in [0.3, 0.4) is 0 Å². The summed E-state index contributed by atoms with van der Waals surface area (Å²) in [6, 6.07) is 1.00. The zero-order chi connectivity index (χ0) is 13.4. The lowest BCUT2D eigenvalue weighted by molar-refractivity contribution is 0.0435. The second-order valence-corrected chi connectivity index (χ2v) is 6.22. The second kappa shape index (κ2) is 8.92. The third-order valence-corrected chi connectivity index (χ3v) is 4.58. The number of piperidine rings is 1. The molecular formula is C16H33NO. The van der Waals surface area contributed by atoms with Gasteiger partial charge >= 0.3 is 0 Å². The van der Waals surface area contributed by atoms with Crippen LogP contribution in [0, 0.1) is 5.92 Å². The SMILES string of the molecule is CCCCCCCCC[C@@H]1C[C@@H](O)[C@@H](C)[C@H](C)N1. The third kappa shape index (κ3) is 5.71. The predicted octanol–water partition coefficient (Wildman–Crippen LogP) is 3.87. The van der Waals surface area contributed by atoms with Crippen LogP contribution in [0.2, 0.25) is 0 Å². The molecule has 0 aromatic heterocycles. The Kier molecular flexibility index (Phi) is 7.92. The molecule has 0 radical (unpaired) electrons. The van der Waals surface area contributed by atoms with Gasteiger partial charge in [0.2, 0.25) is 0 Å². The first-order chi connectivity index (χ1) is 8.65. The van der Waals surface area contributed by atoms with Crippen LogP contribution in [-0.2, 0) is 0 Å². The summed E-state index contributed by atoms with van der Waals surface area (Å²) in [6.45, 7) is 6.61. The van der Waals surface area contributed by atoms with Gasteiger partial charge in [-0.2, -0.15) is 0 Å². The van der Waals surface area contributed by atoms with E-state index in [-0.39, 0.29) is 6.10 Å². The molecule has 2 N–H and O–H groups in total.